The summed E-state index contributed by atoms with van der Waals surface area (Å²) in [6, 6.07) is 12.3. The lowest BCUT2D eigenvalue weighted by Gasteiger charge is -2.29. The average Bonchev–Trinajstić information content (AvgIpc) is 2.73. The van der Waals surface area contributed by atoms with Crippen LogP contribution >= 0.6 is 35.0 Å². The van der Waals surface area contributed by atoms with Crippen LogP contribution in [0.4, 0.5) is 0 Å². The molecular formula is C23H28Cl2N2O3S. The van der Waals surface area contributed by atoms with Gasteiger partial charge in [0.05, 0.1) is 22.9 Å². The molecule has 8 heteroatoms. The van der Waals surface area contributed by atoms with E-state index in [1.165, 1.54) is 11.8 Å². The molecule has 0 spiro atoms. The van der Waals surface area contributed by atoms with Gasteiger partial charge in [-0.05, 0) is 56.2 Å². The lowest BCUT2D eigenvalue weighted by molar-refractivity contribution is -0.138. The van der Waals surface area contributed by atoms with Gasteiger partial charge in [-0.1, -0.05) is 41.4 Å². The Labute approximate surface area is 198 Å². The Bertz CT molecular complexity index is 908. The second kappa shape index (κ2) is 12.2. The van der Waals surface area contributed by atoms with Crippen LogP contribution in [0.25, 0.3) is 0 Å². The van der Waals surface area contributed by atoms with Crippen molar-refractivity contribution >= 4 is 46.8 Å². The summed E-state index contributed by atoms with van der Waals surface area (Å²) >= 11 is 13.5. The third-order valence-electron chi connectivity index (χ3n) is 4.56. The van der Waals surface area contributed by atoms with E-state index < -0.39 is 6.04 Å². The average molecular weight is 483 g/mol. The van der Waals surface area contributed by atoms with Crippen molar-refractivity contribution in [3.63, 3.8) is 0 Å². The Morgan fingerprint density at radius 2 is 1.81 bits per heavy atom. The van der Waals surface area contributed by atoms with Crippen molar-refractivity contribution < 1.29 is 14.3 Å². The van der Waals surface area contributed by atoms with E-state index in [-0.39, 0.29) is 23.6 Å². The van der Waals surface area contributed by atoms with Crippen molar-refractivity contribution in [3.05, 3.63) is 63.6 Å². The Hall–Kier alpha value is -1.89. The standard InChI is InChI=1S/C23H28Cl2N2O3S/c1-15(2)26-23(29)16(3)27(12-17-6-5-7-19(10-17)30-4)22(28)14-31-13-18-8-9-20(24)21(25)11-18/h5-11,15-16H,12-14H2,1-4H3,(H,26,29). The van der Waals surface area contributed by atoms with Gasteiger partial charge in [0.15, 0.2) is 0 Å². The summed E-state index contributed by atoms with van der Waals surface area (Å²) in [7, 11) is 1.60. The van der Waals surface area contributed by atoms with Crippen molar-refractivity contribution in [3.8, 4) is 5.75 Å². The Morgan fingerprint density at radius 1 is 1.06 bits per heavy atom. The van der Waals surface area contributed by atoms with E-state index in [9.17, 15) is 9.59 Å². The fraction of sp³-hybridized carbons (Fsp3) is 0.391. The Kier molecular flexibility index (Phi) is 10.0. The molecule has 2 aromatic rings. The SMILES string of the molecule is COc1cccc(CN(C(=O)CSCc2ccc(Cl)c(Cl)c2)C(C)C(=O)NC(C)C)c1. The van der Waals surface area contributed by atoms with Gasteiger partial charge in [-0.3, -0.25) is 9.59 Å². The minimum atomic E-state index is -0.605. The molecule has 0 aliphatic heterocycles. The molecule has 2 aromatic carbocycles. The molecule has 0 aliphatic carbocycles. The van der Waals surface area contributed by atoms with Gasteiger partial charge in [0.2, 0.25) is 11.8 Å². The van der Waals surface area contributed by atoms with Gasteiger partial charge in [0.1, 0.15) is 11.8 Å². The zero-order chi connectivity index (χ0) is 23.0. The van der Waals surface area contributed by atoms with E-state index in [0.717, 1.165) is 11.1 Å². The van der Waals surface area contributed by atoms with Crippen LogP contribution < -0.4 is 10.1 Å². The summed E-state index contributed by atoms with van der Waals surface area (Å²) in [4.78, 5) is 27.3. The zero-order valence-electron chi connectivity index (χ0n) is 18.2. The number of nitrogens with zero attached hydrogens (tertiary/aromatic N) is 1. The van der Waals surface area contributed by atoms with Crippen LogP contribution in [-0.4, -0.2) is 41.7 Å². The first kappa shape index (κ1) is 25.4. The van der Waals surface area contributed by atoms with Crippen molar-refractivity contribution in [2.45, 2.75) is 45.2 Å². The van der Waals surface area contributed by atoms with E-state index in [1.54, 1.807) is 31.1 Å². The minimum Gasteiger partial charge on any atom is -0.497 e. The van der Waals surface area contributed by atoms with Gasteiger partial charge in [-0.15, -0.1) is 11.8 Å². The third-order valence-corrected chi connectivity index (χ3v) is 6.29. The number of halogens is 2. The van der Waals surface area contributed by atoms with Crippen LogP contribution in [0, 0.1) is 0 Å². The third kappa shape index (κ3) is 7.95. The molecule has 2 amide bonds. The number of carbonyl (C=O) groups is 2. The molecule has 1 N–H and O–H groups in total. The highest BCUT2D eigenvalue weighted by atomic mass is 35.5. The minimum absolute atomic E-state index is 0.00671. The van der Waals surface area contributed by atoms with Crippen LogP contribution in [0.15, 0.2) is 42.5 Å². The van der Waals surface area contributed by atoms with Crippen LogP contribution in [0.1, 0.15) is 31.9 Å². The molecule has 0 radical (unpaired) electrons. The van der Waals surface area contributed by atoms with E-state index in [4.69, 9.17) is 27.9 Å². The van der Waals surface area contributed by atoms with Gasteiger partial charge < -0.3 is 15.0 Å². The molecule has 1 atom stereocenters. The number of benzene rings is 2. The number of amides is 2. The first-order chi connectivity index (χ1) is 14.7. The second-order valence-electron chi connectivity index (χ2n) is 7.45. The van der Waals surface area contributed by atoms with Crippen LogP contribution in [0.3, 0.4) is 0 Å². The molecule has 0 fully saturated rings. The number of ether oxygens (including phenoxy) is 1. The summed E-state index contributed by atoms with van der Waals surface area (Å²) in [6.45, 7) is 5.85. The first-order valence-corrected chi connectivity index (χ1v) is 11.9. The highest BCUT2D eigenvalue weighted by Crippen LogP contribution is 2.25. The Balaban J connectivity index is 2.10. The summed E-state index contributed by atoms with van der Waals surface area (Å²) in [6.07, 6.45) is 0. The topological polar surface area (TPSA) is 58.6 Å². The van der Waals surface area contributed by atoms with Gasteiger partial charge in [-0.2, -0.15) is 0 Å². The zero-order valence-corrected chi connectivity index (χ0v) is 20.5. The monoisotopic (exact) mass is 482 g/mol. The van der Waals surface area contributed by atoms with Crippen LogP contribution in [-0.2, 0) is 21.9 Å². The molecule has 0 aromatic heterocycles. The summed E-state index contributed by atoms with van der Waals surface area (Å²) < 4.78 is 5.28. The highest BCUT2D eigenvalue weighted by molar-refractivity contribution is 7.99. The quantitative estimate of drug-likeness (QED) is 0.506. The van der Waals surface area contributed by atoms with Crippen molar-refractivity contribution in [1.29, 1.82) is 0 Å². The smallest absolute Gasteiger partial charge is 0.242 e. The number of methoxy groups -OCH3 is 1. The molecule has 0 bridgehead atoms. The summed E-state index contributed by atoms with van der Waals surface area (Å²) in [5.41, 5.74) is 1.88. The van der Waals surface area contributed by atoms with Crippen molar-refractivity contribution in [2.24, 2.45) is 0 Å². The largest absolute Gasteiger partial charge is 0.497 e. The predicted octanol–water partition coefficient (Wildman–Crippen LogP) is 5.18. The number of thioether (sulfide) groups is 1. The molecule has 0 heterocycles. The number of carbonyl (C=O) groups excluding carboxylic acids is 2. The maximum atomic E-state index is 13.1. The lowest BCUT2D eigenvalue weighted by atomic mass is 10.1. The van der Waals surface area contributed by atoms with E-state index in [2.05, 4.69) is 5.32 Å². The fourth-order valence-corrected chi connectivity index (χ4v) is 4.10. The maximum Gasteiger partial charge on any atom is 0.242 e. The predicted molar refractivity (Wildman–Crippen MR) is 129 cm³/mol. The van der Waals surface area contributed by atoms with Gasteiger partial charge in [-0.25, -0.2) is 0 Å². The number of hydrogen-bond donors (Lipinski definition) is 1. The second-order valence-corrected chi connectivity index (χ2v) is 9.25. The van der Waals surface area contributed by atoms with E-state index >= 15 is 0 Å². The van der Waals surface area contributed by atoms with Crippen molar-refractivity contribution in [2.75, 3.05) is 12.9 Å². The van der Waals surface area contributed by atoms with Gasteiger partial charge in [0.25, 0.3) is 0 Å². The first-order valence-electron chi connectivity index (χ1n) is 9.95. The van der Waals surface area contributed by atoms with Crippen LogP contribution in [0.2, 0.25) is 10.0 Å². The Morgan fingerprint density at radius 3 is 2.45 bits per heavy atom. The van der Waals surface area contributed by atoms with Crippen LogP contribution in [0.5, 0.6) is 5.75 Å². The van der Waals surface area contributed by atoms with E-state index in [0.29, 0.717) is 28.1 Å². The van der Waals surface area contributed by atoms with Gasteiger partial charge in [0, 0.05) is 18.3 Å². The number of rotatable bonds is 10. The molecule has 168 valence electrons. The lowest BCUT2D eigenvalue weighted by Crippen LogP contribution is -2.49. The highest BCUT2D eigenvalue weighted by Gasteiger charge is 2.26. The molecule has 1 unspecified atom stereocenters. The normalized spacial score (nSPS) is 11.8. The fourth-order valence-electron chi connectivity index (χ4n) is 2.92. The number of hydrogen-bond acceptors (Lipinski definition) is 4. The molecule has 5 nitrogen and oxygen atoms in total. The molecule has 0 aliphatic rings. The molecular weight excluding hydrogens is 455 g/mol. The summed E-state index contributed by atoms with van der Waals surface area (Å²) in [5.74, 6) is 1.27. The summed E-state index contributed by atoms with van der Waals surface area (Å²) in [5, 5.41) is 3.88. The molecule has 0 saturated heterocycles. The molecule has 2 rings (SSSR count). The number of nitrogens with one attached hydrogen (secondary N) is 1. The molecule has 31 heavy (non-hydrogen) atoms. The van der Waals surface area contributed by atoms with E-state index in [1.807, 2.05) is 44.2 Å². The maximum absolute atomic E-state index is 13.1. The van der Waals surface area contributed by atoms with Gasteiger partial charge >= 0.3 is 0 Å². The molecule has 0 saturated carbocycles. The van der Waals surface area contributed by atoms with Crippen molar-refractivity contribution in [1.82, 2.24) is 10.2 Å².